The largest absolute Gasteiger partial charge is 0.495 e. The van der Waals surface area contributed by atoms with Crippen LogP contribution in [0.25, 0.3) is 0 Å². The Balaban J connectivity index is 0.00000320. The van der Waals surface area contributed by atoms with Crippen molar-refractivity contribution in [1.29, 1.82) is 0 Å². The molecular weight excluding hydrogens is 495 g/mol. The van der Waals surface area contributed by atoms with Crippen molar-refractivity contribution in [2.75, 3.05) is 57.9 Å². The molecule has 2 heterocycles. The van der Waals surface area contributed by atoms with Gasteiger partial charge in [-0.3, -0.25) is 4.99 Å². The molecular formula is C22H33IN4O3. The second-order valence-electron chi connectivity index (χ2n) is 6.87. The van der Waals surface area contributed by atoms with Gasteiger partial charge in [0.1, 0.15) is 18.1 Å². The Kier molecular flexibility index (Phi) is 10.9. The number of guanidine groups is 1. The van der Waals surface area contributed by atoms with E-state index >= 15 is 0 Å². The van der Waals surface area contributed by atoms with E-state index in [9.17, 15) is 0 Å². The second-order valence-corrected chi connectivity index (χ2v) is 6.87. The van der Waals surface area contributed by atoms with E-state index in [1.54, 1.807) is 13.4 Å². The van der Waals surface area contributed by atoms with Crippen LogP contribution < -0.4 is 15.0 Å². The Morgan fingerprint density at radius 2 is 1.93 bits per heavy atom. The van der Waals surface area contributed by atoms with Gasteiger partial charge in [-0.15, -0.1) is 24.0 Å². The smallest absolute Gasteiger partial charge is 0.194 e. The summed E-state index contributed by atoms with van der Waals surface area (Å²) in [6, 6.07) is 12.0. The van der Waals surface area contributed by atoms with Crippen LogP contribution in [-0.4, -0.2) is 63.8 Å². The van der Waals surface area contributed by atoms with E-state index in [0.29, 0.717) is 13.2 Å². The summed E-state index contributed by atoms with van der Waals surface area (Å²) in [4.78, 5) is 9.50. The minimum atomic E-state index is 0. The Hall–Kier alpha value is -1.94. The number of halogens is 1. The highest BCUT2D eigenvalue weighted by Gasteiger charge is 2.21. The van der Waals surface area contributed by atoms with E-state index in [1.807, 2.05) is 24.3 Å². The monoisotopic (exact) mass is 528 g/mol. The first-order valence-corrected chi connectivity index (χ1v) is 10.3. The number of benzene rings is 1. The Labute approximate surface area is 196 Å². The van der Waals surface area contributed by atoms with E-state index in [4.69, 9.17) is 18.9 Å². The minimum absolute atomic E-state index is 0. The number of para-hydroxylation sites is 2. The average molecular weight is 528 g/mol. The molecule has 0 amide bonds. The zero-order chi connectivity index (χ0) is 20.3. The van der Waals surface area contributed by atoms with Gasteiger partial charge in [-0.2, -0.15) is 0 Å². The number of nitrogens with one attached hydrogen (secondary N) is 1. The molecule has 1 fully saturated rings. The highest BCUT2D eigenvalue weighted by Crippen LogP contribution is 2.28. The summed E-state index contributed by atoms with van der Waals surface area (Å²) in [5.74, 6) is 2.77. The lowest BCUT2D eigenvalue weighted by molar-refractivity contribution is 0.105. The predicted molar refractivity (Wildman–Crippen MR) is 131 cm³/mol. The normalized spacial score (nSPS) is 14.4. The van der Waals surface area contributed by atoms with Crippen LogP contribution in [0.5, 0.6) is 5.75 Å². The van der Waals surface area contributed by atoms with Crippen LogP contribution in [0.15, 0.2) is 52.1 Å². The van der Waals surface area contributed by atoms with Crippen molar-refractivity contribution in [3.05, 3.63) is 48.4 Å². The lowest BCUT2D eigenvalue weighted by Gasteiger charge is -2.38. The fourth-order valence-corrected chi connectivity index (χ4v) is 3.40. The molecule has 0 unspecified atom stereocenters. The number of nitrogens with zero attached hydrogens (tertiary/aromatic N) is 3. The lowest BCUT2D eigenvalue weighted by Crippen LogP contribution is -2.52. The molecule has 0 aliphatic carbocycles. The van der Waals surface area contributed by atoms with Gasteiger partial charge in [-0.05, 0) is 37.6 Å². The Morgan fingerprint density at radius 3 is 2.63 bits per heavy atom. The summed E-state index contributed by atoms with van der Waals surface area (Å²) < 4.78 is 16.4. The fraction of sp³-hybridized carbons (Fsp3) is 0.500. The molecule has 2 aromatic rings. The van der Waals surface area contributed by atoms with Gasteiger partial charge in [0.25, 0.3) is 0 Å². The molecule has 30 heavy (non-hydrogen) atoms. The molecule has 1 aliphatic rings. The predicted octanol–water partition coefficient (Wildman–Crippen LogP) is 3.60. The highest BCUT2D eigenvalue weighted by atomic mass is 127. The average Bonchev–Trinajstić information content (AvgIpc) is 3.29. The minimum Gasteiger partial charge on any atom is -0.495 e. The number of hydrogen-bond acceptors (Lipinski definition) is 5. The molecule has 3 rings (SSSR count). The molecule has 8 heteroatoms. The molecule has 1 aromatic carbocycles. The summed E-state index contributed by atoms with van der Waals surface area (Å²) in [7, 11) is 1.73. The number of ether oxygens (including phenoxy) is 2. The van der Waals surface area contributed by atoms with Crippen LogP contribution >= 0.6 is 24.0 Å². The first kappa shape index (κ1) is 24.3. The van der Waals surface area contributed by atoms with E-state index < -0.39 is 0 Å². The van der Waals surface area contributed by atoms with E-state index in [1.165, 1.54) is 0 Å². The van der Waals surface area contributed by atoms with Crippen LogP contribution in [0, 0.1) is 0 Å². The SMILES string of the molecule is CCNC(=NCCCOCc1ccco1)N1CCN(c2ccccc2OC)CC1.I. The van der Waals surface area contributed by atoms with Gasteiger partial charge in [0.05, 0.1) is 19.1 Å². The van der Waals surface area contributed by atoms with Crippen molar-refractivity contribution in [2.45, 2.75) is 20.0 Å². The topological polar surface area (TPSA) is 62.5 Å². The van der Waals surface area contributed by atoms with Crippen molar-refractivity contribution in [3.63, 3.8) is 0 Å². The zero-order valence-corrected chi connectivity index (χ0v) is 20.2. The summed E-state index contributed by atoms with van der Waals surface area (Å²) in [5.41, 5.74) is 1.16. The van der Waals surface area contributed by atoms with Gasteiger partial charge < -0.3 is 29.0 Å². The number of rotatable bonds is 9. The fourth-order valence-electron chi connectivity index (χ4n) is 3.40. The standard InChI is InChI=1S/C22H32N4O3.HI/c1-3-23-22(24-11-7-16-28-18-19-8-6-17-29-19)26-14-12-25(13-15-26)20-9-4-5-10-21(20)27-2;/h4-6,8-10,17H,3,7,11-16,18H2,1-2H3,(H,23,24);1H. The number of hydrogen-bond donors (Lipinski definition) is 1. The van der Waals surface area contributed by atoms with E-state index in [2.05, 4.69) is 34.2 Å². The molecule has 0 atom stereocenters. The van der Waals surface area contributed by atoms with Crippen molar-refractivity contribution in [3.8, 4) is 5.75 Å². The third kappa shape index (κ3) is 7.09. The molecule has 0 spiro atoms. The number of methoxy groups -OCH3 is 1. The molecule has 1 saturated heterocycles. The third-order valence-electron chi connectivity index (χ3n) is 4.87. The number of anilines is 1. The maximum absolute atomic E-state index is 5.63. The lowest BCUT2D eigenvalue weighted by atomic mass is 10.2. The van der Waals surface area contributed by atoms with Crippen molar-refractivity contribution >= 4 is 35.6 Å². The van der Waals surface area contributed by atoms with Crippen LogP contribution in [0.1, 0.15) is 19.1 Å². The van der Waals surface area contributed by atoms with Gasteiger partial charge in [0.15, 0.2) is 5.96 Å². The van der Waals surface area contributed by atoms with Gasteiger partial charge in [-0.1, -0.05) is 12.1 Å². The summed E-state index contributed by atoms with van der Waals surface area (Å²) in [6.45, 7) is 8.64. The summed E-state index contributed by atoms with van der Waals surface area (Å²) in [6.07, 6.45) is 2.55. The van der Waals surface area contributed by atoms with Crippen molar-refractivity contribution in [1.82, 2.24) is 10.2 Å². The number of aliphatic imine (C=N–C) groups is 1. The summed E-state index contributed by atoms with van der Waals surface area (Å²) >= 11 is 0. The van der Waals surface area contributed by atoms with Gasteiger partial charge in [-0.25, -0.2) is 0 Å². The first-order chi connectivity index (χ1) is 14.3. The maximum atomic E-state index is 5.63. The molecule has 1 N–H and O–H groups in total. The quantitative estimate of drug-likeness (QED) is 0.232. The second kappa shape index (κ2) is 13.4. The van der Waals surface area contributed by atoms with E-state index in [0.717, 1.165) is 68.8 Å². The van der Waals surface area contributed by atoms with E-state index in [-0.39, 0.29) is 24.0 Å². The number of piperazine rings is 1. The van der Waals surface area contributed by atoms with Crippen LogP contribution in [0.3, 0.4) is 0 Å². The van der Waals surface area contributed by atoms with Gasteiger partial charge in [0.2, 0.25) is 0 Å². The highest BCUT2D eigenvalue weighted by molar-refractivity contribution is 14.0. The Morgan fingerprint density at radius 1 is 1.13 bits per heavy atom. The number of furan rings is 1. The maximum Gasteiger partial charge on any atom is 0.194 e. The molecule has 166 valence electrons. The molecule has 0 saturated carbocycles. The zero-order valence-electron chi connectivity index (χ0n) is 17.9. The van der Waals surface area contributed by atoms with Crippen LogP contribution in [-0.2, 0) is 11.3 Å². The molecule has 1 aromatic heterocycles. The molecule has 7 nitrogen and oxygen atoms in total. The Bertz CT molecular complexity index is 747. The first-order valence-electron chi connectivity index (χ1n) is 10.3. The van der Waals surface area contributed by atoms with Gasteiger partial charge in [0, 0.05) is 45.9 Å². The van der Waals surface area contributed by atoms with Gasteiger partial charge >= 0.3 is 0 Å². The molecule has 0 bridgehead atoms. The van der Waals surface area contributed by atoms with Crippen molar-refractivity contribution in [2.24, 2.45) is 4.99 Å². The van der Waals surface area contributed by atoms with Crippen LogP contribution in [0.2, 0.25) is 0 Å². The molecule has 0 radical (unpaired) electrons. The van der Waals surface area contributed by atoms with Crippen LogP contribution in [0.4, 0.5) is 5.69 Å². The van der Waals surface area contributed by atoms with Crippen molar-refractivity contribution < 1.29 is 13.9 Å². The third-order valence-corrected chi connectivity index (χ3v) is 4.87. The molecule has 1 aliphatic heterocycles. The summed E-state index contributed by atoms with van der Waals surface area (Å²) in [5, 5.41) is 3.42.